The van der Waals surface area contributed by atoms with Crippen LogP contribution in [0, 0.1) is 6.92 Å². The van der Waals surface area contributed by atoms with Gasteiger partial charge in [0.1, 0.15) is 5.01 Å². The van der Waals surface area contributed by atoms with Crippen LogP contribution in [0.1, 0.15) is 5.56 Å². The molecular formula is C27H19N3S2. The molecule has 0 spiro atoms. The van der Waals surface area contributed by atoms with Crippen LogP contribution >= 0.6 is 23.6 Å². The van der Waals surface area contributed by atoms with Crippen molar-refractivity contribution < 1.29 is 0 Å². The number of anilines is 1. The molecule has 0 unspecified atom stereocenters. The molecule has 0 aliphatic rings. The van der Waals surface area contributed by atoms with Gasteiger partial charge in [0.25, 0.3) is 0 Å². The first-order valence-corrected chi connectivity index (χ1v) is 11.7. The first-order valence-electron chi connectivity index (χ1n) is 10.4. The zero-order chi connectivity index (χ0) is 21.7. The van der Waals surface area contributed by atoms with Crippen molar-refractivity contribution >= 4 is 66.4 Å². The van der Waals surface area contributed by atoms with E-state index >= 15 is 0 Å². The number of hydrogen-bond acceptors (Lipinski definition) is 3. The van der Waals surface area contributed by atoms with Crippen LogP contribution in [-0.4, -0.2) is 14.7 Å². The van der Waals surface area contributed by atoms with Crippen LogP contribution in [0.3, 0.4) is 0 Å². The third-order valence-corrected chi connectivity index (χ3v) is 7.06. The van der Waals surface area contributed by atoms with Gasteiger partial charge in [-0.15, -0.1) is 11.3 Å². The molecule has 0 aliphatic carbocycles. The number of aryl methyl sites for hydroxylation is 1. The predicted octanol–water partition coefficient (Wildman–Crippen LogP) is 7.62. The van der Waals surface area contributed by atoms with Gasteiger partial charge in [-0.3, -0.25) is 4.57 Å². The van der Waals surface area contributed by atoms with Crippen molar-refractivity contribution in [1.29, 1.82) is 0 Å². The summed E-state index contributed by atoms with van der Waals surface area (Å²) in [5, 5.41) is 7.51. The predicted molar refractivity (Wildman–Crippen MR) is 141 cm³/mol. The van der Waals surface area contributed by atoms with Gasteiger partial charge < -0.3 is 5.32 Å². The van der Waals surface area contributed by atoms with Crippen molar-refractivity contribution in [3.05, 3.63) is 96.6 Å². The van der Waals surface area contributed by atoms with Crippen LogP contribution in [-0.2, 0) is 0 Å². The average molecular weight is 450 g/mol. The van der Waals surface area contributed by atoms with Gasteiger partial charge in [0.05, 0.1) is 21.3 Å². The second-order valence-corrected chi connectivity index (χ2v) is 9.28. The fraction of sp³-hybridized carbons (Fsp3) is 0.0370. The highest BCUT2D eigenvalue weighted by Crippen LogP contribution is 2.32. The molecule has 0 radical (unpaired) electrons. The highest BCUT2D eigenvalue weighted by atomic mass is 32.1. The lowest BCUT2D eigenvalue weighted by molar-refractivity contribution is 1.30. The Balaban J connectivity index is 1.32. The Morgan fingerprint density at radius 3 is 2.19 bits per heavy atom. The molecule has 5 heteroatoms. The molecule has 0 atom stereocenters. The molecule has 0 amide bonds. The minimum absolute atomic E-state index is 0.658. The number of benzene rings is 4. The van der Waals surface area contributed by atoms with Gasteiger partial charge in [0.15, 0.2) is 5.11 Å². The highest BCUT2D eigenvalue weighted by molar-refractivity contribution is 7.80. The van der Waals surface area contributed by atoms with Crippen molar-refractivity contribution in [2.45, 2.75) is 6.92 Å². The van der Waals surface area contributed by atoms with E-state index in [0.29, 0.717) is 5.11 Å². The van der Waals surface area contributed by atoms with E-state index in [-0.39, 0.29) is 0 Å². The van der Waals surface area contributed by atoms with E-state index in [1.165, 1.54) is 21.0 Å². The minimum Gasteiger partial charge on any atom is -0.332 e. The van der Waals surface area contributed by atoms with Crippen molar-refractivity contribution in [2.24, 2.45) is 0 Å². The van der Waals surface area contributed by atoms with Crippen molar-refractivity contribution in [3.63, 3.8) is 0 Å². The molecule has 6 aromatic rings. The zero-order valence-corrected chi connectivity index (χ0v) is 19.0. The first kappa shape index (κ1) is 19.2. The third-order valence-electron chi connectivity index (χ3n) is 5.71. The van der Waals surface area contributed by atoms with Crippen LogP contribution in [0.4, 0.5) is 5.69 Å². The van der Waals surface area contributed by atoms with Crippen molar-refractivity contribution in [2.75, 3.05) is 5.32 Å². The second kappa shape index (κ2) is 7.55. The normalized spacial score (nSPS) is 11.4. The lowest BCUT2D eigenvalue weighted by Crippen LogP contribution is -2.18. The molecule has 0 aliphatic heterocycles. The van der Waals surface area contributed by atoms with Gasteiger partial charge in [-0.25, -0.2) is 4.98 Å². The maximum absolute atomic E-state index is 5.83. The number of hydrogen-bond donors (Lipinski definition) is 1. The molecule has 3 nitrogen and oxygen atoms in total. The number of thiocarbonyl (C=S) groups is 1. The second-order valence-electron chi connectivity index (χ2n) is 7.87. The Morgan fingerprint density at radius 1 is 0.844 bits per heavy atom. The number of aromatic nitrogens is 2. The summed E-state index contributed by atoms with van der Waals surface area (Å²) in [4.78, 5) is 4.79. The van der Waals surface area contributed by atoms with Crippen LogP contribution in [0.2, 0.25) is 0 Å². The maximum atomic E-state index is 5.83. The van der Waals surface area contributed by atoms with E-state index in [2.05, 4.69) is 108 Å². The fourth-order valence-electron chi connectivity index (χ4n) is 4.17. The van der Waals surface area contributed by atoms with E-state index < -0.39 is 0 Å². The smallest absolute Gasteiger partial charge is 0.182 e. The number of rotatable bonds is 2. The highest BCUT2D eigenvalue weighted by Gasteiger charge is 2.13. The topological polar surface area (TPSA) is 29.9 Å². The summed E-state index contributed by atoms with van der Waals surface area (Å²) < 4.78 is 3.33. The largest absolute Gasteiger partial charge is 0.332 e. The molecule has 2 aromatic heterocycles. The summed E-state index contributed by atoms with van der Waals surface area (Å²) in [6.07, 6.45) is 0. The summed E-state index contributed by atoms with van der Waals surface area (Å²) in [6.45, 7) is 2.11. The molecule has 1 N–H and O–H groups in total. The monoisotopic (exact) mass is 449 g/mol. The SMILES string of the molecule is Cc1ccc2nc(-c3ccc(NC(=S)n4c5ccccc5c5ccccc54)cc3)sc2c1. The van der Waals surface area contributed by atoms with Crippen LogP contribution < -0.4 is 5.32 Å². The van der Waals surface area contributed by atoms with Crippen LogP contribution in [0.25, 0.3) is 42.6 Å². The summed E-state index contributed by atoms with van der Waals surface area (Å²) >= 11 is 7.56. The Morgan fingerprint density at radius 2 is 1.50 bits per heavy atom. The maximum Gasteiger partial charge on any atom is 0.182 e. The van der Waals surface area contributed by atoms with Crippen LogP contribution in [0.15, 0.2) is 91.0 Å². The standard InChI is InChI=1S/C27H19N3S2/c1-17-10-15-22-25(16-17)32-26(29-22)18-11-13-19(14-12-18)28-27(31)30-23-8-4-2-6-20(23)21-7-3-5-9-24(21)30/h2-16H,1H3,(H,28,31). The fourth-order valence-corrected chi connectivity index (χ4v) is 5.56. The Kier molecular flexibility index (Phi) is 4.52. The minimum atomic E-state index is 0.658. The molecule has 0 fully saturated rings. The van der Waals surface area contributed by atoms with Gasteiger partial charge in [0, 0.05) is 22.0 Å². The molecule has 4 aromatic carbocycles. The Labute approximate surface area is 195 Å². The van der Waals surface area contributed by atoms with Gasteiger partial charge >= 0.3 is 0 Å². The van der Waals surface area contributed by atoms with Gasteiger partial charge in [0.2, 0.25) is 0 Å². The van der Waals surface area contributed by atoms with Gasteiger partial charge in [-0.2, -0.15) is 0 Å². The molecule has 0 saturated heterocycles. The first-order chi connectivity index (χ1) is 15.7. The van der Waals surface area contributed by atoms with E-state index in [4.69, 9.17) is 17.2 Å². The molecule has 0 bridgehead atoms. The van der Waals surface area contributed by atoms with E-state index in [1.54, 1.807) is 11.3 Å². The zero-order valence-electron chi connectivity index (χ0n) is 17.4. The molecule has 2 heterocycles. The molecule has 154 valence electrons. The van der Waals surface area contributed by atoms with Gasteiger partial charge in [-0.1, -0.05) is 42.5 Å². The number of nitrogens with one attached hydrogen (secondary N) is 1. The number of fused-ring (bicyclic) bond motifs is 4. The summed E-state index contributed by atoms with van der Waals surface area (Å²) in [6, 6.07) is 31.5. The summed E-state index contributed by atoms with van der Waals surface area (Å²) in [5.74, 6) is 0. The third kappa shape index (κ3) is 3.18. The molecular weight excluding hydrogens is 430 g/mol. The van der Waals surface area contributed by atoms with E-state index in [1.807, 2.05) is 0 Å². The lowest BCUT2D eigenvalue weighted by atomic mass is 10.2. The van der Waals surface area contributed by atoms with Crippen LogP contribution in [0.5, 0.6) is 0 Å². The molecule has 32 heavy (non-hydrogen) atoms. The number of nitrogens with zero attached hydrogens (tertiary/aromatic N) is 2. The quantitative estimate of drug-likeness (QED) is 0.276. The average Bonchev–Trinajstić information content (AvgIpc) is 3.38. The number of para-hydroxylation sites is 2. The lowest BCUT2D eigenvalue weighted by Gasteiger charge is -2.12. The Hall–Kier alpha value is -3.54. The molecule has 0 saturated carbocycles. The van der Waals surface area contributed by atoms with Gasteiger partial charge in [-0.05, 0) is 73.2 Å². The van der Waals surface area contributed by atoms with E-state index in [9.17, 15) is 0 Å². The summed E-state index contributed by atoms with van der Waals surface area (Å²) in [5.41, 5.74) is 6.58. The van der Waals surface area contributed by atoms with Crippen molar-refractivity contribution in [3.8, 4) is 10.6 Å². The number of thiazole rings is 1. The van der Waals surface area contributed by atoms with Crippen molar-refractivity contribution in [1.82, 2.24) is 9.55 Å². The summed E-state index contributed by atoms with van der Waals surface area (Å²) in [7, 11) is 0. The Bertz CT molecular complexity index is 1570. The molecule has 6 rings (SSSR count). The van der Waals surface area contributed by atoms with E-state index in [0.717, 1.165) is 32.8 Å².